The number of aromatic hydroxyl groups is 1. The van der Waals surface area contributed by atoms with E-state index in [1.807, 2.05) is 13.0 Å². The number of benzene rings is 1. The van der Waals surface area contributed by atoms with E-state index in [9.17, 15) is 15.0 Å². The first kappa shape index (κ1) is 12.9. The topological polar surface area (TPSA) is 57.5 Å². The highest BCUT2D eigenvalue weighted by Crippen LogP contribution is 2.49. The molecule has 0 aliphatic heterocycles. The highest BCUT2D eigenvalue weighted by Gasteiger charge is 2.46. The van der Waals surface area contributed by atoms with Gasteiger partial charge in [-0.05, 0) is 36.5 Å². The minimum atomic E-state index is -0.771. The van der Waals surface area contributed by atoms with Gasteiger partial charge in [-0.25, -0.2) is 0 Å². The first-order valence-corrected chi connectivity index (χ1v) is 6.48. The SMILES string of the molecule is C[C@H](C(=O)O)[C@](C)(c1cccc(O)c1)C1CCC1. The van der Waals surface area contributed by atoms with E-state index in [2.05, 4.69) is 0 Å². The Kier molecular flexibility index (Phi) is 3.33. The lowest BCUT2D eigenvalue weighted by atomic mass is 9.58. The Morgan fingerprint density at radius 3 is 2.56 bits per heavy atom. The van der Waals surface area contributed by atoms with Crippen molar-refractivity contribution in [3.8, 4) is 5.75 Å². The predicted octanol–water partition coefficient (Wildman–Crippen LogP) is 3.17. The Morgan fingerprint density at radius 1 is 1.44 bits per heavy atom. The van der Waals surface area contributed by atoms with E-state index in [4.69, 9.17) is 0 Å². The molecule has 0 radical (unpaired) electrons. The molecule has 3 nitrogen and oxygen atoms in total. The zero-order chi connectivity index (χ0) is 13.3. The molecule has 0 heterocycles. The summed E-state index contributed by atoms with van der Waals surface area (Å²) in [6, 6.07) is 7.04. The lowest BCUT2D eigenvalue weighted by molar-refractivity contribution is -0.145. The molecule has 0 bridgehead atoms. The maximum atomic E-state index is 11.4. The molecule has 1 fully saturated rings. The number of hydrogen-bond acceptors (Lipinski definition) is 2. The van der Waals surface area contributed by atoms with Gasteiger partial charge in [0.25, 0.3) is 0 Å². The molecular formula is C15H20O3. The van der Waals surface area contributed by atoms with Crippen LogP contribution in [0.3, 0.4) is 0 Å². The van der Waals surface area contributed by atoms with Crippen LogP contribution in [0.1, 0.15) is 38.7 Å². The van der Waals surface area contributed by atoms with Crippen molar-refractivity contribution in [3.63, 3.8) is 0 Å². The van der Waals surface area contributed by atoms with Crippen molar-refractivity contribution in [2.45, 2.75) is 38.5 Å². The lowest BCUT2D eigenvalue weighted by Crippen LogP contribution is -2.44. The van der Waals surface area contributed by atoms with Crippen molar-refractivity contribution < 1.29 is 15.0 Å². The van der Waals surface area contributed by atoms with Crippen molar-refractivity contribution in [2.75, 3.05) is 0 Å². The van der Waals surface area contributed by atoms with Gasteiger partial charge in [-0.1, -0.05) is 32.4 Å². The lowest BCUT2D eigenvalue weighted by Gasteiger charge is -2.46. The van der Waals surface area contributed by atoms with Gasteiger partial charge in [-0.3, -0.25) is 4.79 Å². The van der Waals surface area contributed by atoms with Crippen molar-refractivity contribution in [2.24, 2.45) is 11.8 Å². The number of carboxylic acid groups (broad SMARTS) is 1. The molecule has 0 spiro atoms. The first-order valence-electron chi connectivity index (χ1n) is 6.48. The van der Waals surface area contributed by atoms with Crippen LogP contribution in [-0.2, 0) is 10.2 Å². The zero-order valence-electron chi connectivity index (χ0n) is 10.9. The number of carboxylic acids is 1. The van der Waals surface area contributed by atoms with E-state index in [0.717, 1.165) is 18.4 Å². The molecule has 1 aliphatic carbocycles. The summed E-state index contributed by atoms with van der Waals surface area (Å²) in [7, 11) is 0. The molecule has 0 unspecified atom stereocenters. The normalized spacial score (nSPS) is 20.8. The van der Waals surface area contributed by atoms with Gasteiger partial charge in [0.2, 0.25) is 0 Å². The smallest absolute Gasteiger partial charge is 0.307 e. The van der Waals surface area contributed by atoms with Crippen LogP contribution in [0, 0.1) is 11.8 Å². The quantitative estimate of drug-likeness (QED) is 0.860. The Bertz CT molecular complexity index is 451. The fraction of sp³-hybridized carbons (Fsp3) is 0.533. The fourth-order valence-corrected chi connectivity index (χ4v) is 2.94. The zero-order valence-corrected chi connectivity index (χ0v) is 10.9. The summed E-state index contributed by atoms with van der Waals surface area (Å²) in [5.41, 5.74) is 0.533. The van der Waals surface area contributed by atoms with Gasteiger partial charge in [0, 0.05) is 5.41 Å². The minimum absolute atomic E-state index is 0.204. The summed E-state index contributed by atoms with van der Waals surface area (Å²) in [5.74, 6) is -0.626. The van der Waals surface area contributed by atoms with Gasteiger partial charge in [0.15, 0.2) is 0 Å². The van der Waals surface area contributed by atoms with Crippen LogP contribution < -0.4 is 0 Å². The van der Waals surface area contributed by atoms with Crippen LogP contribution in [0.15, 0.2) is 24.3 Å². The van der Waals surface area contributed by atoms with E-state index >= 15 is 0 Å². The van der Waals surface area contributed by atoms with Crippen LogP contribution in [0.25, 0.3) is 0 Å². The van der Waals surface area contributed by atoms with E-state index in [0.29, 0.717) is 5.92 Å². The summed E-state index contributed by atoms with van der Waals surface area (Å²) < 4.78 is 0. The molecule has 0 aromatic heterocycles. The maximum Gasteiger partial charge on any atom is 0.307 e. The van der Waals surface area contributed by atoms with E-state index in [1.165, 1.54) is 6.42 Å². The van der Waals surface area contributed by atoms with E-state index in [1.54, 1.807) is 25.1 Å². The molecule has 1 saturated carbocycles. The Labute approximate surface area is 107 Å². The number of carbonyl (C=O) groups is 1. The highest BCUT2D eigenvalue weighted by molar-refractivity contribution is 5.72. The van der Waals surface area contributed by atoms with Crippen LogP contribution >= 0.6 is 0 Å². The Balaban J connectivity index is 2.44. The van der Waals surface area contributed by atoms with Crippen molar-refractivity contribution in [3.05, 3.63) is 29.8 Å². The van der Waals surface area contributed by atoms with Crippen LogP contribution in [0.2, 0.25) is 0 Å². The average molecular weight is 248 g/mol. The van der Waals surface area contributed by atoms with Gasteiger partial charge in [0.05, 0.1) is 5.92 Å². The predicted molar refractivity (Wildman–Crippen MR) is 69.6 cm³/mol. The summed E-state index contributed by atoms with van der Waals surface area (Å²) in [4.78, 5) is 11.4. The van der Waals surface area contributed by atoms with Crippen LogP contribution in [-0.4, -0.2) is 16.2 Å². The van der Waals surface area contributed by atoms with Crippen LogP contribution in [0.5, 0.6) is 5.75 Å². The second kappa shape index (κ2) is 4.63. The third kappa shape index (κ3) is 1.98. The Morgan fingerprint density at radius 2 is 2.11 bits per heavy atom. The van der Waals surface area contributed by atoms with Gasteiger partial charge >= 0.3 is 5.97 Å². The molecule has 1 aliphatic rings. The third-order valence-electron chi connectivity index (χ3n) is 4.69. The third-order valence-corrected chi connectivity index (χ3v) is 4.69. The minimum Gasteiger partial charge on any atom is -0.508 e. The summed E-state index contributed by atoms with van der Waals surface area (Å²) in [6.45, 7) is 3.79. The summed E-state index contributed by atoms with van der Waals surface area (Å²) in [6.07, 6.45) is 3.32. The van der Waals surface area contributed by atoms with Gasteiger partial charge in [-0.2, -0.15) is 0 Å². The maximum absolute atomic E-state index is 11.4. The van der Waals surface area contributed by atoms with Crippen LogP contribution in [0.4, 0.5) is 0 Å². The van der Waals surface area contributed by atoms with Gasteiger partial charge < -0.3 is 10.2 Å². The largest absolute Gasteiger partial charge is 0.508 e. The van der Waals surface area contributed by atoms with Crippen molar-refractivity contribution in [1.82, 2.24) is 0 Å². The summed E-state index contributed by atoms with van der Waals surface area (Å²) >= 11 is 0. The molecular weight excluding hydrogens is 228 g/mol. The molecule has 2 N–H and O–H groups in total. The number of rotatable bonds is 4. The van der Waals surface area contributed by atoms with E-state index < -0.39 is 17.3 Å². The molecule has 1 aromatic rings. The highest BCUT2D eigenvalue weighted by atomic mass is 16.4. The number of aliphatic carboxylic acids is 1. The molecule has 2 rings (SSSR count). The molecule has 0 saturated heterocycles. The first-order chi connectivity index (χ1) is 8.46. The Hall–Kier alpha value is -1.51. The molecule has 18 heavy (non-hydrogen) atoms. The van der Waals surface area contributed by atoms with E-state index in [-0.39, 0.29) is 5.75 Å². The fourth-order valence-electron chi connectivity index (χ4n) is 2.94. The molecule has 3 heteroatoms. The molecule has 98 valence electrons. The number of phenols is 1. The molecule has 1 aromatic carbocycles. The standard InChI is InChI=1S/C15H20O3/c1-10(14(17)18)15(2,11-5-3-6-11)12-7-4-8-13(16)9-12/h4,7-11,16H,3,5-6H2,1-2H3,(H,17,18)/t10-,15+/m1/s1. The summed E-state index contributed by atoms with van der Waals surface area (Å²) in [5, 5.41) is 19.0. The molecule has 2 atom stereocenters. The van der Waals surface area contributed by atoms with Crippen molar-refractivity contribution >= 4 is 5.97 Å². The van der Waals surface area contributed by atoms with Crippen molar-refractivity contribution in [1.29, 1.82) is 0 Å². The van der Waals surface area contributed by atoms with Gasteiger partial charge in [0.1, 0.15) is 5.75 Å². The number of phenolic OH excluding ortho intramolecular Hbond substituents is 1. The van der Waals surface area contributed by atoms with Gasteiger partial charge in [-0.15, -0.1) is 0 Å². The average Bonchev–Trinajstić information content (AvgIpc) is 2.25. The second-order valence-electron chi connectivity index (χ2n) is 5.52. The molecule has 0 amide bonds. The monoisotopic (exact) mass is 248 g/mol. The number of hydrogen-bond donors (Lipinski definition) is 2. The second-order valence-corrected chi connectivity index (χ2v) is 5.52.